The normalized spacial score (nSPS) is 14.8. The molecular weight excluding hydrogens is 414 g/mol. The Hall–Kier alpha value is -1.71. The molecule has 0 spiro atoms. The van der Waals surface area contributed by atoms with E-state index in [1.165, 1.54) is 4.88 Å². The molecule has 1 fully saturated rings. The number of hydrogen-bond donors (Lipinski definition) is 0. The van der Waals surface area contributed by atoms with E-state index in [0.717, 1.165) is 35.6 Å². The second-order valence-corrected chi connectivity index (χ2v) is 8.88. The average Bonchev–Trinajstić information content (AvgIpc) is 3.26. The van der Waals surface area contributed by atoms with E-state index in [1.807, 2.05) is 28.9 Å². The van der Waals surface area contributed by atoms with Crippen LogP contribution in [0.3, 0.4) is 0 Å². The molecule has 6 nitrogen and oxygen atoms in total. The minimum absolute atomic E-state index is 0.603. The van der Waals surface area contributed by atoms with Crippen molar-refractivity contribution in [2.45, 2.75) is 13.2 Å². The molecule has 0 saturated carbocycles. The van der Waals surface area contributed by atoms with Gasteiger partial charge in [0.05, 0.1) is 29.9 Å². The van der Waals surface area contributed by atoms with Gasteiger partial charge in [0.15, 0.2) is 0 Å². The minimum Gasteiger partial charge on any atom is -0.378 e. The highest BCUT2D eigenvalue weighted by Gasteiger charge is 2.21. The molecule has 1 aromatic carbocycles. The van der Waals surface area contributed by atoms with Gasteiger partial charge in [-0.05, 0) is 43.5 Å². The van der Waals surface area contributed by atoms with Crippen LogP contribution in [0.25, 0.3) is 5.69 Å². The number of thiophene rings is 1. The number of benzene rings is 1. The lowest BCUT2D eigenvalue weighted by Crippen LogP contribution is -2.38. The Balaban J connectivity index is 1.64. The van der Waals surface area contributed by atoms with Gasteiger partial charge in [0, 0.05) is 24.5 Å². The van der Waals surface area contributed by atoms with Crippen LogP contribution in [0.2, 0.25) is 4.34 Å². The topological polar surface area (TPSA) is 38.5 Å². The maximum absolute atomic E-state index is 6.05. The molecule has 0 amide bonds. The van der Waals surface area contributed by atoms with E-state index >= 15 is 0 Å². The van der Waals surface area contributed by atoms with E-state index in [-0.39, 0.29) is 0 Å². The summed E-state index contributed by atoms with van der Waals surface area (Å²) in [6, 6.07) is 14.2. The molecule has 3 heterocycles. The van der Waals surface area contributed by atoms with Gasteiger partial charge in [-0.25, -0.2) is 4.68 Å². The van der Waals surface area contributed by atoms with Gasteiger partial charge in [0.25, 0.3) is 0 Å². The molecule has 0 N–H and O–H groups in total. The van der Waals surface area contributed by atoms with E-state index in [1.54, 1.807) is 11.3 Å². The largest absolute Gasteiger partial charge is 0.378 e. The molecule has 4 rings (SSSR count). The zero-order valence-electron chi connectivity index (χ0n) is 15.6. The van der Waals surface area contributed by atoms with Crippen LogP contribution in [0.15, 0.2) is 42.5 Å². The van der Waals surface area contributed by atoms with Gasteiger partial charge in [-0.1, -0.05) is 29.8 Å². The Bertz CT molecular complexity index is 978. The zero-order chi connectivity index (χ0) is 19.5. The molecule has 0 bridgehead atoms. The number of rotatable bonds is 6. The number of halogens is 1. The standard InChI is InChI=1S/C19H22ClN5OS2/c1-22(13-16-7-8-17(20)28-16)14-24-19(27)25(15-5-3-2-4-6-15)18(21-24)23-9-11-26-12-10-23/h2-8H,9-14H2,1H3. The van der Waals surface area contributed by atoms with Gasteiger partial charge in [0.1, 0.15) is 0 Å². The van der Waals surface area contributed by atoms with E-state index in [4.69, 9.17) is 33.7 Å². The van der Waals surface area contributed by atoms with Crippen LogP contribution in [-0.2, 0) is 18.0 Å². The van der Waals surface area contributed by atoms with Crippen molar-refractivity contribution in [1.82, 2.24) is 19.2 Å². The molecule has 3 aromatic rings. The fourth-order valence-corrected chi connectivity index (χ4v) is 4.69. The summed E-state index contributed by atoms with van der Waals surface area (Å²) < 4.78 is 10.9. The maximum Gasteiger partial charge on any atom is 0.230 e. The third-order valence-electron chi connectivity index (χ3n) is 4.56. The van der Waals surface area contributed by atoms with Gasteiger partial charge in [-0.3, -0.25) is 9.47 Å². The van der Waals surface area contributed by atoms with E-state index in [9.17, 15) is 0 Å². The minimum atomic E-state index is 0.603. The van der Waals surface area contributed by atoms with Crippen molar-refractivity contribution in [2.75, 3.05) is 38.3 Å². The number of anilines is 1. The second kappa shape index (κ2) is 8.75. The summed E-state index contributed by atoms with van der Waals surface area (Å²) in [4.78, 5) is 5.64. The molecule has 0 radical (unpaired) electrons. The van der Waals surface area contributed by atoms with E-state index in [2.05, 4.69) is 39.6 Å². The summed E-state index contributed by atoms with van der Waals surface area (Å²) in [5, 5.41) is 4.88. The molecule has 9 heteroatoms. The lowest BCUT2D eigenvalue weighted by molar-refractivity contribution is 0.121. The number of hydrogen-bond acceptors (Lipinski definition) is 6. The zero-order valence-corrected chi connectivity index (χ0v) is 18.0. The van der Waals surface area contributed by atoms with Gasteiger partial charge < -0.3 is 9.64 Å². The van der Waals surface area contributed by atoms with Crippen LogP contribution in [0.5, 0.6) is 0 Å². The average molecular weight is 436 g/mol. The first-order valence-corrected chi connectivity index (χ1v) is 10.7. The molecule has 0 aliphatic carbocycles. The molecular formula is C19H22ClN5OS2. The SMILES string of the molecule is CN(Cc1ccc(Cl)s1)Cn1nc(N2CCOCC2)n(-c2ccccc2)c1=S. The van der Waals surface area contributed by atoms with Gasteiger partial charge in [-0.2, -0.15) is 0 Å². The lowest BCUT2D eigenvalue weighted by Gasteiger charge is -2.27. The van der Waals surface area contributed by atoms with Gasteiger partial charge >= 0.3 is 0 Å². The molecule has 1 aliphatic rings. The Morgan fingerprint density at radius 1 is 1.18 bits per heavy atom. The highest BCUT2D eigenvalue weighted by Crippen LogP contribution is 2.24. The Morgan fingerprint density at radius 3 is 2.61 bits per heavy atom. The number of nitrogens with zero attached hydrogens (tertiary/aromatic N) is 5. The number of ether oxygens (including phenoxy) is 1. The van der Waals surface area contributed by atoms with E-state index in [0.29, 0.717) is 24.7 Å². The predicted molar refractivity (Wildman–Crippen MR) is 116 cm³/mol. The van der Waals surface area contributed by atoms with Crippen LogP contribution >= 0.6 is 35.2 Å². The first-order valence-electron chi connectivity index (χ1n) is 9.12. The summed E-state index contributed by atoms with van der Waals surface area (Å²) >= 11 is 13.5. The highest BCUT2D eigenvalue weighted by atomic mass is 35.5. The summed E-state index contributed by atoms with van der Waals surface area (Å²) in [5.74, 6) is 0.868. The van der Waals surface area contributed by atoms with Crippen LogP contribution in [0.4, 0.5) is 5.95 Å². The summed E-state index contributed by atoms with van der Waals surface area (Å²) in [5.41, 5.74) is 1.02. The fraction of sp³-hybridized carbons (Fsp3) is 0.368. The summed E-state index contributed by atoms with van der Waals surface area (Å²) in [6.45, 7) is 4.42. The van der Waals surface area contributed by atoms with Crippen LogP contribution in [0.1, 0.15) is 4.88 Å². The first kappa shape index (κ1) is 19.6. The maximum atomic E-state index is 6.05. The number of aromatic nitrogens is 3. The van der Waals surface area contributed by atoms with Crippen molar-refractivity contribution >= 4 is 41.1 Å². The van der Waals surface area contributed by atoms with E-state index < -0.39 is 0 Å². The lowest BCUT2D eigenvalue weighted by atomic mass is 10.3. The summed E-state index contributed by atoms with van der Waals surface area (Å²) in [6.07, 6.45) is 0. The second-order valence-electron chi connectivity index (χ2n) is 6.71. The van der Waals surface area contributed by atoms with Crippen molar-refractivity contribution in [2.24, 2.45) is 0 Å². The molecule has 28 heavy (non-hydrogen) atoms. The van der Waals surface area contributed by atoms with Crippen molar-refractivity contribution in [3.05, 3.63) is 56.4 Å². The Labute approximate surface area is 178 Å². The van der Waals surface area contributed by atoms with Crippen molar-refractivity contribution in [3.63, 3.8) is 0 Å². The van der Waals surface area contributed by atoms with Crippen LogP contribution in [0, 0.1) is 4.77 Å². The van der Waals surface area contributed by atoms with Gasteiger partial charge in [0.2, 0.25) is 10.7 Å². The van der Waals surface area contributed by atoms with Crippen molar-refractivity contribution in [3.8, 4) is 5.69 Å². The summed E-state index contributed by atoms with van der Waals surface area (Å²) in [7, 11) is 2.06. The van der Waals surface area contributed by atoms with Crippen LogP contribution < -0.4 is 4.90 Å². The molecule has 2 aromatic heterocycles. The Morgan fingerprint density at radius 2 is 1.93 bits per heavy atom. The number of morpholine rings is 1. The smallest absolute Gasteiger partial charge is 0.230 e. The third-order valence-corrected chi connectivity index (χ3v) is 6.17. The predicted octanol–water partition coefficient (Wildman–Crippen LogP) is 4.04. The molecule has 148 valence electrons. The molecule has 1 aliphatic heterocycles. The molecule has 0 unspecified atom stereocenters. The fourth-order valence-electron chi connectivity index (χ4n) is 3.24. The monoisotopic (exact) mass is 435 g/mol. The Kier molecular flexibility index (Phi) is 6.13. The molecule has 0 atom stereocenters. The number of para-hydroxylation sites is 1. The van der Waals surface area contributed by atoms with Crippen molar-refractivity contribution in [1.29, 1.82) is 0 Å². The van der Waals surface area contributed by atoms with Crippen LogP contribution in [-0.4, -0.2) is 52.6 Å². The quantitative estimate of drug-likeness (QED) is 0.546. The highest BCUT2D eigenvalue weighted by molar-refractivity contribution is 7.71. The third kappa shape index (κ3) is 4.31. The first-order chi connectivity index (χ1) is 13.6. The molecule has 1 saturated heterocycles. The van der Waals surface area contributed by atoms with Gasteiger partial charge in [-0.15, -0.1) is 16.4 Å². The van der Waals surface area contributed by atoms with Crippen molar-refractivity contribution < 1.29 is 4.74 Å².